The lowest BCUT2D eigenvalue weighted by Crippen LogP contribution is -2.21. The molecule has 0 aliphatic rings. The highest BCUT2D eigenvalue weighted by atomic mass is 35.5. The van der Waals surface area contributed by atoms with Crippen molar-refractivity contribution in [2.45, 2.75) is 21.9 Å². The Bertz CT molecular complexity index is 832. The van der Waals surface area contributed by atoms with Crippen molar-refractivity contribution in [1.29, 1.82) is 0 Å². The normalized spacial score (nSPS) is 12.8. The van der Waals surface area contributed by atoms with Gasteiger partial charge in [-0.2, -0.15) is 13.2 Å². The quantitative estimate of drug-likeness (QED) is 0.695. The molecule has 1 heterocycles. The Morgan fingerprint density at radius 3 is 2.46 bits per heavy atom. The number of hydrogen-bond acceptors (Lipinski definition) is 4. The first kappa shape index (κ1) is 19.2. The first-order valence-electron chi connectivity index (χ1n) is 6.52. The van der Waals surface area contributed by atoms with Gasteiger partial charge in [-0.3, -0.25) is 0 Å². The summed E-state index contributed by atoms with van der Waals surface area (Å²) in [7, 11) is -0.932. The van der Waals surface area contributed by atoms with Crippen LogP contribution in [0.25, 0.3) is 0 Å². The van der Waals surface area contributed by atoms with Gasteiger partial charge in [0, 0.05) is 19.0 Å². The molecular formula is C14H13ClF3NO3S2. The van der Waals surface area contributed by atoms with Gasteiger partial charge in [-0.1, -0.05) is 11.6 Å². The molecule has 0 aliphatic heterocycles. The van der Waals surface area contributed by atoms with E-state index in [1.807, 2.05) is 0 Å². The van der Waals surface area contributed by atoms with Gasteiger partial charge in [0.25, 0.3) is 10.0 Å². The number of furan rings is 1. The summed E-state index contributed by atoms with van der Waals surface area (Å²) in [5.74, 6) is 0.519. The maximum absolute atomic E-state index is 12.8. The first-order valence-corrected chi connectivity index (χ1v) is 9.33. The molecular weight excluding hydrogens is 387 g/mol. The molecule has 0 fully saturated rings. The molecule has 0 saturated carbocycles. The van der Waals surface area contributed by atoms with E-state index in [1.54, 1.807) is 0 Å². The Morgan fingerprint density at radius 2 is 1.88 bits per heavy atom. The van der Waals surface area contributed by atoms with E-state index in [0.29, 0.717) is 10.7 Å². The summed E-state index contributed by atoms with van der Waals surface area (Å²) >= 11 is 6.65. The molecule has 2 rings (SSSR count). The van der Waals surface area contributed by atoms with Crippen LogP contribution >= 0.6 is 23.4 Å². The van der Waals surface area contributed by atoms with Crippen molar-refractivity contribution >= 4 is 33.4 Å². The predicted molar refractivity (Wildman–Crippen MR) is 85.6 cm³/mol. The zero-order chi connectivity index (χ0) is 18.1. The fourth-order valence-electron chi connectivity index (χ4n) is 1.72. The third-order valence-electron chi connectivity index (χ3n) is 3.00. The number of rotatable bonds is 5. The summed E-state index contributed by atoms with van der Waals surface area (Å²) in [5, 5.41) is -0.584. The molecule has 0 aliphatic carbocycles. The van der Waals surface area contributed by atoms with Crippen molar-refractivity contribution in [3.05, 3.63) is 46.7 Å². The number of benzene rings is 1. The molecule has 0 saturated heterocycles. The lowest BCUT2D eigenvalue weighted by molar-refractivity contribution is -0.137. The summed E-state index contributed by atoms with van der Waals surface area (Å²) in [6.45, 7) is 0. The predicted octanol–water partition coefficient (Wildman–Crippen LogP) is 4.49. The first-order chi connectivity index (χ1) is 11.0. The molecule has 0 amide bonds. The third kappa shape index (κ3) is 4.27. The maximum Gasteiger partial charge on any atom is 0.417 e. The van der Waals surface area contributed by atoms with E-state index < -0.39 is 21.8 Å². The van der Waals surface area contributed by atoms with Gasteiger partial charge >= 0.3 is 6.18 Å². The summed E-state index contributed by atoms with van der Waals surface area (Å²) < 4.78 is 68.5. The summed E-state index contributed by atoms with van der Waals surface area (Å²) in [4.78, 5) is 0.347. The van der Waals surface area contributed by atoms with Crippen molar-refractivity contribution in [2.75, 3.05) is 14.1 Å². The topological polar surface area (TPSA) is 50.5 Å². The van der Waals surface area contributed by atoms with Gasteiger partial charge in [-0.15, -0.1) is 11.8 Å². The smallest absolute Gasteiger partial charge is 0.417 e. The number of alkyl halides is 3. The molecule has 1 aromatic carbocycles. The van der Waals surface area contributed by atoms with Crippen LogP contribution in [0.5, 0.6) is 0 Å². The molecule has 0 atom stereocenters. The second-order valence-electron chi connectivity index (χ2n) is 4.94. The van der Waals surface area contributed by atoms with Crippen LogP contribution in [0.1, 0.15) is 11.3 Å². The van der Waals surface area contributed by atoms with E-state index in [1.165, 1.54) is 38.4 Å². The highest BCUT2D eigenvalue weighted by molar-refractivity contribution is 7.98. The second kappa shape index (κ2) is 6.99. The number of sulfonamides is 1. The Morgan fingerprint density at radius 1 is 1.21 bits per heavy atom. The molecule has 0 unspecified atom stereocenters. The molecule has 0 radical (unpaired) electrons. The standard InChI is InChI=1S/C14H13ClF3NO3S2/c1-19(2)24(20,21)13-6-3-9(22-13)8-23-10-4-5-12(15)11(7-10)14(16,17)18/h3-7H,8H2,1-2H3. The van der Waals surface area contributed by atoms with Gasteiger partial charge in [0.15, 0.2) is 0 Å². The van der Waals surface area contributed by atoms with Crippen LogP contribution in [-0.4, -0.2) is 26.8 Å². The van der Waals surface area contributed by atoms with Crippen LogP contribution in [0.4, 0.5) is 13.2 Å². The van der Waals surface area contributed by atoms with Crippen LogP contribution in [0.15, 0.2) is 44.7 Å². The number of hydrogen-bond donors (Lipinski definition) is 0. The van der Waals surface area contributed by atoms with Crippen LogP contribution in [0.2, 0.25) is 5.02 Å². The Kier molecular flexibility index (Phi) is 5.58. The molecule has 1 aromatic heterocycles. The van der Waals surface area contributed by atoms with E-state index in [-0.39, 0.29) is 15.9 Å². The monoisotopic (exact) mass is 399 g/mol. The minimum atomic E-state index is -4.54. The summed E-state index contributed by atoms with van der Waals surface area (Å²) in [5.41, 5.74) is -0.913. The van der Waals surface area contributed by atoms with Gasteiger partial charge < -0.3 is 4.42 Å². The fraction of sp³-hybridized carbons (Fsp3) is 0.286. The lowest BCUT2D eigenvalue weighted by atomic mass is 10.2. The van der Waals surface area contributed by atoms with Crippen molar-refractivity contribution in [3.63, 3.8) is 0 Å². The maximum atomic E-state index is 12.8. The third-order valence-corrected chi connectivity index (χ3v) is 6.03. The van der Waals surface area contributed by atoms with Crippen LogP contribution in [0, 0.1) is 0 Å². The van der Waals surface area contributed by atoms with E-state index in [2.05, 4.69) is 0 Å². The van der Waals surface area contributed by atoms with Crippen LogP contribution < -0.4 is 0 Å². The summed E-state index contributed by atoms with van der Waals surface area (Å²) in [6, 6.07) is 6.38. The van der Waals surface area contributed by atoms with E-state index in [0.717, 1.165) is 22.1 Å². The molecule has 0 bridgehead atoms. The summed E-state index contributed by atoms with van der Waals surface area (Å²) in [6.07, 6.45) is -4.54. The highest BCUT2D eigenvalue weighted by Gasteiger charge is 2.33. The largest absolute Gasteiger partial charge is 0.447 e. The van der Waals surface area contributed by atoms with Gasteiger partial charge in [0.2, 0.25) is 5.09 Å². The number of nitrogens with zero attached hydrogens (tertiary/aromatic N) is 1. The molecule has 0 N–H and O–H groups in total. The zero-order valence-corrected chi connectivity index (χ0v) is 15.0. The van der Waals surface area contributed by atoms with Gasteiger partial charge in [-0.05, 0) is 30.3 Å². The second-order valence-corrected chi connectivity index (χ2v) is 8.48. The minimum Gasteiger partial charge on any atom is -0.447 e. The van der Waals surface area contributed by atoms with E-state index in [9.17, 15) is 21.6 Å². The van der Waals surface area contributed by atoms with Crippen molar-refractivity contribution in [1.82, 2.24) is 4.31 Å². The Labute approximate surface area is 146 Å². The van der Waals surface area contributed by atoms with Crippen molar-refractivity contribution in [2.24, 2.45) is 0 Å². The van der Waals surface area contributed by atoms with E-state index >= 15 is 0 Å². The SMILES string of the molecule is CN(C)S(=O)(=O)c1ccc(CSc2ccc(Cl)c(C(F)(F)F)c2)o1. The molecule has 10 heteroatoms. The van der Waals surface area contributed by atoms with E-state index in [4.69, 9.17) is 16.0 Å². The van der Waals surface area contributed by atoms with Gasteiger partial charge in [0.05, 0.1) is 16.3 Å². The average molecular weight is 400 g/mol. The van der Waals surface area contributed by atoms with Gasteiger partial charge in [-0.25, -0.2) is 12.7 Å². The minimum absolute atomic E-state index is 0.182. The average Bonchev–Trinajstić information content (AvgIpc) is 2.94. The Balaban J connectivity index is 2.14. The fourth-order valence-corrected chi connectivity index (χ4v) is 3.59. The highest BCUT2D eigenvalue weighted by Crippen LogP contribution is 2.37. The molecule has 24 heavy (non-hydrogen) atoms. The van der Waals surface area contributed by atoms with Crippen molar-refractivity contribution in [3.8, 4) is 0 Å². The van der Waals surface area contributed by atoms with Crippen molar-refractivity contribution < 1.29 is 26.0 Å². The van der Waals surface area contributed by atoms with Gasteiger partial charge in [0.1, 0.15) is 5.76 Å². The lowest BCUT2D eigenvalue weighted by Gasteiger charge is -2.10. The number of halogens is 4. The molecule has 4 nitrogen and oxygen atoms in total. The number of thioether (sulfide) groups is 1. The van der Waals surface area contributed by atoms with Crippen LogP contribution in [-0.2, 0) is 22.0 Å². The van der Waals surface area contributed by atoms with Crippen LogP contribution in [0.3, 0.4) is 0 Å². The molecule has 0 spiro atoms. The molecule has 132 valence electrons. The zero-order valence-electron chi connectivity index (χ0n) is 12.6. The molecule has 2 aromatic rings. The Hall–Kier alpha value is -1.16.